The van der Waals surface area contributed by atoms with E-state index in [0.717, 1.165) is 43.1 Å². The molecule has 184 valence electrons. The number of piperazine rings is 1. The van der Waals surface area contributed by atoms with Crippen molar-refractivity contribution in [2.45, 2.75) is 6.04 Å². The van der Waals surface area contributed by atoms with E-state index in [1.165, 1.54) is 12.1 Å². The number of halogens is 1. The van der Waals surface area contributed by atoms with Gasteiger partial charge in [-0.2, -0.15) is 0 Å². The van der Waals surface area contributed by atoms with E-state index in [1.54, 1.807) is 19.2 Å². The second-order valence-electron chi connectivity index (χ2n) is 8.91. The molecule has 1 aliphatic heterocycles. The summed E-state index contributed by atoms with van der Waals surface area (Å²) in [4.78, 5) is 19.8. The predicted octanol–water partition coefficient (Wildman–Crippen LogP) is 4.19. The summed E-state index contributed by atoms with van der Waals surface area (Å²) in [6.45, 7) is 3.81. The molecule has 4 rings (SSSR count). The molecular weight excluding hydrogens is 443 g/mol. The summed E-state index contributed by atoms with van der Waals surface area (Å²) in [7, 11) is 5.62. The monoisotopic (exact) mass is 476 g/mol. The van der Waals surface area contributed by atoms with E-state index >= 15 is 0 Å². The van der Waals surface area contributed by atoms with Crippen LogP contribution in [-0.4, -0.2) is 64.7 Å². The van der Waals surface area contributed by atoms with E-state index in [4.69, 9.17) is 4.74 Å². The zero-order chi connectivity index (χ0) is 24.8. The van der Waals surface area contributed by atoms with Gasteiger partial charge in [-0.25, -0.2) is 4.39 Å². The molecule has 1 heterocycles. The third-order valence-corrected chi connectivity index (χ3v) is 6.55. The molecule has 1 unspecified atom stereocenters. The molecule has 0 radical (unpaired) electrons. The minimum Gasteiger partial charge on any atom is -0.496 e. The summed E-state index contributed by atoms with van der Waals surface area (Å²) in [6.07, 6.45) is 0. The first-order chi connectivity index (χ1) is 17.0. The van der Waals surface area contributed by atoms with Crippen molar-refractivity contribution in [2.75, 3.05) is 63.7 Å². The number of nitrogens with one attached hydrogen (secondary N) is 1. The van der Waals surface area contributed by atoms with Gasteiger partial charge >= 0.3 is 0 Å². The fourth-order valence-corrected chi connectivity index (χ4v) is 4.51. The first-order valence-electron chi connectivity index (χ1n) is 11.9. The molecule has 35 heavy (non-hydrogen) atoms. The molecule has 1 aliphatic rings. The molecule has 3 aromatic carbocycles. The summed E-state index contributed by atoms with van der Waals surface area (Å²) >= 11 is 0. The molecule has 0 aliphatic carbocycles. The highest BCUT2D eigenvalue weighted by atomic mass is 19.1. The smallest absolute Gasteiger partial charge is 0.255 e. The number of nitrogens with zero attached hydrogens (tertiary/aromatic N) is 3. The summed E-state index contributed by atoms with van der Waals surface area (Å²) < 4.78 is 18.7. The second kappa shape index (κ2) is 11.2. The standard InChI is InChI=1S/C28H33FN4O2/c1-31(2)23-12-8-21(9-13-23)26(20-30-28(34)25-6-4-5-7-27(25)35-3)33-18-16-32(17-19-33)24-14-10-22(29)11-15-24/h4-15,26H,16-20H2,1-3H3,(H,30,34). The number of methoxy groups -OCH3 is 1. The lowest BCUT2D eigenvalue weighted by atomic mass is 10.0. The number of benzene rings is 3. The van der Waals surface area contributed by atoms with Crippen molar-refractivity contribution in [2.24, 2.45) is 0 Å². The molecule has 0 spiro atoms. The summed E-state index contributed by atoms with van der Waals surface area (Å²) in [5.74, 6) is 0.187. The Hall–Kier alpha value is -3.58. The normalized spacial score (nSPS) is 14.9. The fourth-order valence-electron chi connectivity index (χ4n) is 4.51. The van der Waals surface area contributed by atoms with Gasteiger partial charge in [-0.1, -0.05) is 24.3 Å². The van der Waals surface area contributed by atoms with Crippen molar-refractivity contribution >= 4 is 17.3 Å². The Morgan fingerprint density at radius 3 is 2.26 bits per heavy atom. The first kappa shape index (κ1) is 24.5. The van der Waals surface area contributed by atoms with Gasteiger partial charge in [0.05, 0.1) is 18.7 Å². The molecule has 0 bridgehead atoms. The van der Waals surface area contributed by atoms with Crippen molar-refractivity contribution in [3.8, 4) is 5.75 Å². The maximum absolute atomic E-state index is 13.3. The van der Waals surface area contributed by atoms with Gasteiger partial charge in [-0.05, 0) is 54.1 Å². The van der Waals surface area contributed by atoms with E-state index in [0.29, 0.717) is 17.9 Å². The largest absolute Gasteiger partial charge is 0.496 e. The number of hydrogen-bond donors (Lipinski definition) is 1. The molecule has 0 saturated carbocycles. The molecule has 6 nitrogen and oxygen atoms in total. The third-order valence-electron chi connectivity index (χ3n) is 6.55. The van der Waals surface area contributed by atoms with E-state index in [2.05, 4.69) is 44.3 Å². The van der Waals surface area contributed by atoms with Crippen LogP contribution in [0.5, 0.6) is 5.75 Å². The third kappa shape index (κ3) is 5.92. The number of carbonyl (C=O) groups is 1. The fraction of sp³-hybridized carbons (Fsp3) is 0.321. The van der Waals surface area contributed by atoms with Crippen LogP contribution in [0.2, 0.25) is 0 Å². The van der Waals surface area contributed by atoms with Crippen LogP contribution in [0.4, 0.5) is 15.8 Å². The molecule has 1 N–H and O–H groups in total. The Kier molecular flexibility index (Phi) is 7.87. The highest BCUT2D eigenvalue weighted by Crippen LogP contribution is 2.26. The van der Waals surface area contributed by atoms with Crippen LogP contribution >= 0.6 is 0 Å². The van der Waals surface area contributed by atoms with Crippen LogP contribution in [-0.2, 0) is 0 Å². The van der Waals surface area contributed by atoms with Crippen LogP contribution in [0.15, 0.2) is 72.8 Å². The predicted molar refractivity (Wildman–Crippen MR) is 139 cm³/mol. The number of carbonyl (C=O) groups excluding carboxylic acids is 1. The molecule has 3 aromatic rings. The van der Waals surface area contributed by atoms with E-state index in [-0.39, 0.29) is 17.8 Å². The molecular formula is C28H33FN4O2. The Morgan fingerprint density at radius 1 is 0.971 bits per heavy atom. The summed E-state index contributed by atoms with van der Waals surface area (Å²) in [5.41, 5.74) is 3.85. The molecule has 1 amide bonds. The summed E-state index contributed by atoms with van der Waals surface area (Å²) in [6, 6.07) is 22.5. The lowest BCUT2D eigenvalue weighted by molar-refractivity contribution is 0.0927. The minimum atomic E-state index is -0.223. The molecule has 1 fully saturated rings. The van der Waals surface area contributed by atoms with Crippen LogP contribution in [0.1, 0.15) is 22.0 Å². The average Bonchev–Trinajstić information content (AvgIpc) is 2.89. The lowest BCUT2D eigenvalue weighted by Crippen LogP contribution is -2.50. The van der Waals surface area contributed by atoms with Gasteiger partial charge < -0.3 is 19.9 Å². The van der Waals surface area contributed by atoms with Crippen molar-refractivity contribution in [1.82, 2.24) is 10.2 Å². The Morgan fingerprint density at radius 2 is 1.63 bits per heavy atom. The maximum atomic E-state index is 13.3. The maximum Gasteiger partial charge on any atom is 0.255 e. The van der Waals surface area contributed by atoms with Gasteiger partial charge in [0.1, 0.15) is 11.6 Å². The highest BCUT2D eigenvalue weighted by molar-refractivity contribution is 5.96. The minimum absolute atomic E-state index is 0.0280. The number of anilines is 2. The first-order valence-corrected chi connectivity index (χ1v) is 11.9. The number of para-hydroxylation sites is 1. The SMILES string of the molecule is COc1ccccc1C(=O)NCC(c1ccc(N(C)C)cc1)N1CCN(c2ccc(F)cc2)CC1. The topological polar surface area (TPSA) is 48.1 Å². The van der Waals surface area contributed by atoms with Crippen LogP contribution < -0.4 is 19.9 Å². The average molecular weight is 477 g/mol. The van der Waals surface area contributed by atoms with Crippen molar-refractivity contribution < 1.29 is 13.9 Å². The number of amides is 1. The van der Waals surface area contributed by atoms with Gasteiger partial charge in [-0.15, -0.1) is 0 Å². The zero-order valence-corrected chi connectivity index (χ0v) is 20.6. The number of ether oxygens (including phenoxy) is 1. The number of rotatable bonds is 8. The van der Waals surface area contributed by atoms with Gasteiger partial charge in [0.15, 0.2) is 0 Å². The van der Waals surface area contributed by atoms with Crippen molar-refractivity contribution in [3.05, 3.63) is 89.7 Å². The lowest BCUT2D eigenvalue weighted by Gasteiger charge is -2.40. The summed E-state index contributed by atoms with van der Waals surface area (Å²) in [5, 5.41) is 3.13. The quantitative estimate of drug-likeness (QED) is 0.528. The van der Waals surface area contributed by atoms with Gasteiger partial charge in [0.25, 0.3) is 5.91 Å². The van der Waals surface area contributed by atoms with Crippen molar-refractivity contribution in [1.29, 1.82) is 0 Å². The molecule has 1 atom stereocenters. The van der Waals surface area contributed by atoms with E-state index < -0.39 is 0 Å². The molecule has 1 saturated heterocycles. The number of hydrogen-bond acceptors (Lipinski definition) is 5. The van der Waals surface area contributed by atoms with Crippen LogP contribution in [0, 0.1) is 5.82 Å². The molecule has 0 aromatic heterocycles. The van der Waals surface area contributed by atoms with Crippen LogP contribution in [0.3, 0.4) is 0 Å². The Balaban J connectivity index is 1.49. The van der Waals surface area contributed by atoms with Gasteiger partial charge in [0, 0.05) is 58.2 Å². The second-order valence-corrected chi connectivity index (χ2v) is 8.91. The van der Waals surface area contributed by atoms with Gasteiger partial charge in [-0.3, -0.25) is 9.69 Å². The highest BCUT2D eigenvalue weighted by Gasteiger charge is 2.26. The van der Waals surface area contributed by atoms with Crippen molar-refractivity contribution in [3.63, 3.8) is 0 Å². The Labute approximate surface area is 206 Å². The van der Waals surface area contributed by atoms with E-state index in [9.17, 15) is 9.18 Å². The van der Waals surface area contributed by atoms with Crippen LogP contribution in [0.25, 0.3) is 0 Å². The Bertz CT molecular complexity index is 1110. The van der Waals surface area contributed by atoms with Gasteiger partial charge in [0.2, 0.25) is 0 Å². The molecule has 7 heteroatoms. The zero-order valence-electron chi connectivity index (χ0n) is 20.6. The van der Waals surface area contributed by atoms with E-state index in [1.807, 2.05) is 38.4 Å².